The average Bonchev–Trinajstić information content (AvgIpc) is 2.76. The second-order valence-electron chi connectivity index (χ2n) is 8.61. The second kappa shape index (κ2) is 4.44. The fourth-order valence-corrected chi connectivity index (χ4v) is 6.53. The van der Waals surface area contributed by atoms with Crippen LogP contribution in [0.15, 0.2) is 11.6 Å². The number of allylic oxidation sites excluding steroid dienone is 1. The van der Waals surface area contributed by atoms with E-state index in [9.17, 15) is 9.90 Å². The quantitative estimate of drug-likeness (QED) is 0.734. The predicted octanol–water partition coefficient (Wildman–Crippen LogP) is 3.88. The van der Waals surface area contributed by atoms with E-state index in [0.717, 1.165) is 37.5 Å². The highest BCUT2D eigenvalue weighted by atomic mass is 16.3. The van der Waals surface area contributed by atoms with Crippen molar-refractivity contribution in [2.45, 2.75) is 71.3 Å². The molecule has 6 atom stereocenters. The van der Waals surface area contributed by atoms with Crippen molar-refractivity contribution in [2.75, 3.05) is 0 Å². The van der Waals surface area contributed by atoms with Crippen LogP contribution in [0.1, 0.15) is 65.2 Å². The zero-order chi connectivity index (χ0) is 14.8. The van der Waals surface area contributed by atoms with Gasteiger partial charge in [0.2, 0.25) is 0 Å². The molecule has 21 heavy (non-hydrogen) atoms. The molecule has 0 amide bonds. The van der Waals surface area contributed by atoms with Crippen LogP contribution in [0.5, 0.6) is 0 Å². The molecule has 0 heterocycles. The summed E-state index contributed by atoms with van der Waals surface area (Å²) in [6.45, 7) is 4.76. The number of rotatable bonds is 0. The van der Waals surface area contributed by atoms with E-state index in [-0.39, 0.29) is 16.9 Å². The lowest BCUT2D eigenvalue weighted by Crippen LogP contribution is -2.51. The van der Waals surface area contributed by atoms with Crippen molar-refractivity contribution in [1.82, 2.24) is 0 Å². The van der Waals surface area contributed by atoms with Crippen LogP contribution in [0.25, 0.3) is 0 Å². The Labute approximate surface area is 128 Å². The summed E-state index contributed by atoms with van der Waals surface area (Å²) in [5, 5.41) is 10.4. The van der Waals surface area contributed by atoms with Crippen LogP contribution < -0.4 is 0 Å². The number of aliphatic hydroxyl groups excluding tert-OH is 1. The molecule has 4 aliphatic rings. The van der Waals surface area contributed by atoms with Crippen LogP contribution >= 0.6 is 0 Å². The molecule has 2 heteroatoms. The molecule has 0 aromatic rings. The van der Waals surface area contributed by atoms with Gasteiger partial charge in [-0.2, -0.15) is 0 Å². The summed E-state index contributed by atoms with van der Waals surface area (Å²) >= 11 is 0. The Bertz CT molecular complexity index is 508. The summed E-state index contributed by atoms with van der Waals surface area (Å²) in [5.74, 6) is 2.57. The third kappa shape index (κ3) is 1.78. The van der Waals surface area contributed by atoms with Crippen molar-refractivity contribution in [3.63, 3.8) is 0 Å². The van der Waals surface area contributed by atoms with Crippen LogP contribution in [0.4, 0.5) is 0 Å². The Balaban J connectivity index is 1.69. The SMILES string of the molecule is C[C@]12CC[C@@H]3[C@H](CCC4=CC(=O)CC[C@@]43C)[C@H]1CC[C@H]2O. The molecule has 4 aliphatic carbocycles. The van der Waals surface area contributed by atoms with Gasteiger partial charge in [0, 0.05) is 6.42 Å². The molecule has 1 N–H and O–H groups in total. The molecule has 0 unspecified atom stereocenters. The van der Waals surface area contributed by atoms with E-state index >= 15 is 0 Å². The maximum atomic E-state index is 11.8. The normalized spacial score (nSPS) is 52.7. The Morgan fingerprint density at radius 3 is 2.67 bits per heavy atom. The molecule has 116 valence electrons. The fourth-order valence-electron chi connectivity index (χ4n) is 6.53. The number of ketones is 1. The number of aliphatic hydroxyl groups is 1. The zero-order valence-corrected chi connectivity index (χ0v) is 13.4. The van der Waals surface area contributed by atoms with Gasteiger partial charge in [-0.1, -0.05) is 19.4 Å². The summed E-state index contributed by atoms with van der Waals surface area (Å²) in [5.41, 5.74) is 1.89. The standard InChI is InChI=1S/C19H28O2/c1-18-9-7-13(20)11-12(18)3-4-14-15-5-6-17(21)19(15,2)10-8-16(14)18/h11,14-17,21H,3-10H2,1-2H3/t14-,15-,16-,17-,18+,19+/m1/s1. The lowest BCUT2D eigenvalue weighted by atomic mass is 9.47. The second-order valence-corrected chi connectivity index (χ2v) is 8.61. The van der Waals surface area contributed by atoms with Gasteiger partial charge in [-0.25, -0.2) is 0 Å². The molecule has 0 radical (unpaired) electrons. The van der Waals surface area contributed by atoms with E-state index in [4.69, 9.17) is 0 Å². The summed E-state index contributed by atoms with van der Waals surface area (Å²) in [6.07, 6.45) is 10.7. The largest absolute Gasteiger partial charge is 0.393 e. The van der Waals surface area contributed by atoms with E-state index in [2.05, 4.69) is 13.8 Å². The number of carbonyl (C=O) groups excluding carboxylic acids is 1. The number of hydrogen-bond acceptors (Lipinski definition) is 2. The van der Waals surface area contributed by atoms with Crippen LogP contribution in [0, 0.1) is 28.6 Å². The van der Waals surface area contributed by atoms with Gasteiger partial charge in [0.1, 0.15) is 0 Å². The van der Waals surface area contributed by atoms with Gasteiger partial charge in [-0.15, -0.1) is 0 Å². The molecule has 4 rings (SSSR count). The monoisotopic (exact) mass is 288 g/mol. The maximum Gasteiger partial charge on any atom is 0.155 e. The minimum Gasteiger partial charge on any atom is -0.393 e. The Morgan fingerprint density at radius 2 is 1.86 bits per heavy atom. The number of hydrogen-bond donors (Lipinski definition) is 1. The summed E-state index contributed by atoms with van der Waals surface area (Å²) in [6, 6.07) is 0. The van der Waals surface area contributed by atoms with Gasteiger partial charge >= 0.3 is 0 Å². The van der Waals surface area contributed by atoms with Gasteiger partial charge in [0.15, 0.2) is 5.78 Å². The van der Waals surface area contributed by atoms with Crippen LogP contribution in [-0.4, -0.2) is 17.0 Å². The lowest BCUT2D eigenvalue weighted by Gasteiger charge is -2.57. The predicted molar refractivity (Wildman–Crippen MR) is 82.7 cm³/mol. The first-order valence-electron chi connectivity index (χ1n) is 8.87. The van der Waals surface area contributed by atoms with Crippen molar-refractivity contribution >= 4 is 5.78 Å². The molecule has 0 aromatic carbocycles. The Morgan fingerprint density at radius 1 is 1.05 bits per heavy atom. The molecule has 0 saturated heterocycles. The van der Waals surface area contributed by atoms with Crippen LogP contribution in [-0.2, 0) is 4.79 Å². The van der Waals surface area contributed by atoms with Crippen LogP contribution in [0.3, 0.4) is 0 Å². The Kier molecular flexibility index (Phi) is 2.96. The van der Waals surface area contributed by atoms with E-state index < -0.39 is 0 Å². The first-order valence-corrected chi connectivity index (χ1v) is 8.87. The van der Waals surface area contributed by atoms with E-state index in [0.29, 0.717) is 11.7 Å². The summed E-state index contributed by atoms with van der Waals surface area (Å²) in [4.78, 5) is 11.8. The molecule has 3 saturated carbocycles. The van der Waals surface area contributed by atoms with E-state index in [1.54, 1.807) is 0 Å². The molecular formula is C19H28O2. The average molecular weight is 288 g/mol. The van der Waals surface area contributed by atoms with Crippen molar-refractivity contribution in [3.05, 3.63) is 11.6 Å². The van der Waals surface area contributed by atoms with Crippen molar-refractivity contribution in [2.24, 2.45) is 28.6 Å². The molecule has 0 aromatic heterocycles. The lowest BCUT2D eigenvalue weighted by molar-refractivity contribution is -0.118. The van der Waals surface area contributed by atoms with Crippen molar-refractivity contribution in [1.29, 1.82) is 0 Å². The van der Waals surface area contributed by atoms with E-state index in [1.165, 1.54) is 31.3 Å². The van der Waals surface area contributed by atoms with Gasteiger partial charge in [0.25, 0.3) is 0 Å². The highest BCUT2D eigenvalue weighted by Gasteiger charge is 2.58. The summed E-state index contributed by atoms with van der Waals surface area (Å²) < 4.78 is 0. The van der Waals surface area contributed by atoms with Gasteiger partial charge < -0.3 is 5.11 Å². The third-order valence-corrected chi connectivity index (χ3v) is 7.91. The summed E-state index contributed by atoms with van der Waals surface area (Å²) in [7, 11) is 0. The molecular weight excluding hydrogens is 260 g/mol. The number of fused-ring (bicyclic) bond motifs is 5. The van der Waals surface area contributed by atoms with Gasteiger partial charge in [0.05, 0.1) is 6.10 Å². The smallest absolute Gasteiger partial charge is 0.155 e. The first-order chi connectivity index (χ1) is 9.95. The highest BCUT2D eigenvalue weighted by molar-refractivity contribution is 5.91. The molecule has 0 spiro atoms. The first kappa shape index (κ1) is 14.0. The molecule has 0 bridgehead atoms. The molecule has 2 nitrogen and oxygen atoms in total. The molecule has 0 aliphatic heterocycles. The maximum absolute atomic E-state index is 11.8. The van der Waals surface area contributed by atoms with Gasteiger partial charge in [-0.3, -0.25) is 4.79 Å². The minimum atomic E-state index is -0.0823. The molecule has 3 fully saturated rings. The zero-order valence-electron chi connectivity index (χ0n) is 13.4. The Hall–Kier alpha value is -0.630. The van der Waals surface area contributed by atoms with Crippen molar-refractivity contribution < 1.29 is 9.90 Å². The highest BCUT2D eigenvalue weighted by Crippen LogP contribution is 2.65. The number of carbonyl (C=O) groups is 1. The fraction of sp³-hybridized carbons (Fsp3) is 0.842. The topological polar surface area (TPSA) is 37.3 Å². The van der Waals surface area contributed by atoms with Gasteiger partial charge in [-0.05, 0) is 79.6 Å². The minimum absolute atomic E-state index is 0.0823. The third-order valence-electron chi connectivity index (χ3n) is 7.91. The van der Waals surface area contributed by atoms with Crippen LogP contribution in [0.2, 0.25) is 0 Å². The van der Waals surface area contributed by atoms with E-state index in [1.807, 2.05) is 6.08 Å². The van der Waals surface area contributed by atoms with Crippen molar-refractivity contribution in [3.8, 4) is 0 Å².